The Labute approximate surface area is 212 Å². The van der Waals surface area contributed by atoms with Crippen LogP contribution in [0.15, 0.2) is 52.3 Å². The molecule has 3 aliphatic heterocycles. The summed E-state index contributed by atoms with van der Waals surface area (Å²) in [6.45, 7) is 1.90. The summed E-state index contributed by atoms with van der Waals surface area (Å²) in [4.78, 5) is -1.42. The van der Waals surface area contributed by atoms with Crippen LogP contribution in [0.4, 0.5) is 0 Å². The lowest BCUT2D eigenvalue weighted by molar-refractivity contribution is 0.437. The first kappa shape index (κ1) is 23.6. The smallest absolute Gasteiger partial charge is 0.294 e. The van der Waals surface area contributed by atoms with Crippen molar-refractivity contribution in [3.63, 3.8) is 0 Å². The summed E-state index contributed by atoms with van der Waals surface area (Å²) >= 11 is 6.26. The summed E-state index contributed by atoms with van der Waals surface area (Å²) in [5.74, 6) is 0.987. The van der Waals surface area contributed by atoms with E-state index in [9.17, 15) is 25.9 Å². The number of ether oxygens (including phenoxy) is 1. The van der Waals surface area contributed by atoms with E-state index in [2.05, 4.69) is 4.58 Å². The van der Waals surface area contributed by atoms with E-state index < -0.39 is 30.0 Å². The molecule has 0 fully saturated rings. The molecule has 0 radical (unpaired) electrons. The summed E-state index contributed by atoms with van der Waals surface area (Å²) < 4.78 is 78.8. The molecule has 0 saturated heterocycles. The molecule has 0 bridgehead atoms. The highest BCUT2D eigenvalue weighted by atomic mass is 35.5. The number of hydrogen-bond acceptors (Lipinski definition) is 6. The third-order valence-corrected chi connectivity index (χ3v) is 8.92. The van der Waals surface area contributed by atoms with Crippen molar-refractivity contribution in [1.82, 2.24) is 4.58 Å². The Morgan fingerprint density at radius 1 is 0.944 bits per heavy atom. The maximum atomic E-state index is 12.4. The van der Waals surface area contributed by atoms with Gasteiger partial charge < -0.3 is 9.29 Å². The van der Waals surface area contributed by atoms with Gasteiger partial charge in [0, 0.05) is 51.4 Å². The average molecular weight is 546 g/mol. The normalized spacial score (nSPS) is 16.6. The number of aryl methyl sites for hydroxylation is 1. The quantitative estimate of drug-likeness (QED) is 0.309. The van der Waals surface area contributed by atoms with Gasteiger partial charge in [-0.1, -0.05) is 17.7 Å². The first-order valence-corrected chi connectivity index (χ1v) is 14.6. The lowest BCUT2D eigenvalue weighted by atomic mass is 9.87. The number of halogens is 1. The molecule has 11 heteroatoms. The van der Waals surface area contributed by atoms with Gasteiger partial charge in [0.1, 0.15) is 34.7 Å². The minimum atomic E-state index is -5.13. The molecule has 3 aliphatic rings. The molecule has 0 aliphatic carbocycles. The molecule has 0 amide bonds. The van der Waals surface area contributed by atoms with Crippen LogP contribution in [-0.4, -0.2) is 39.0 Å². The predicted octanol–water partition coefficient (Wildman–Crippen LogP) is 2.23. The topological polar surface area (TPSA) is 124 Å². The van der Waals surface area contributed by atoms with Crippen molar-refractivity contribution in [3.05, 3.63) is 80.3 Å². The third kappa shape index (κ3) is 3.75. The molecule has 3 heterocycles. The Kier molecular flexibility index (Phi) is 5.33. The minimum absolute atomic E-state index is 0.0288. The van der Waals surface area contributed by atoms with Crippen molar-refractivity contribution >= 4 is 37.4 Å². The van der Waals surface area contributed by atoms with Crippen LogP contribution in [0.5, 0.6) is 11.5 Å². The highest BCUT2D eigenvalue weighted by Crippen LogP contribution is 2.41. The van der Waals surface area contributed by atoms with E-state index in [0.29, 0.717) is 38.9 Å². The zero-order valence-corrected chi connectivity index (χ0v) is 21.2. The van der Waals surface area contributed by atoms with Gasteiger partial charge in [0.25, 0.3) is 10.1 Å². The predicted molar refractivity (Wildman–Crippen MR) is 131 cm³/mol. The van der Waals surface area contributed by atoms with Gasteiger partial charge in [-0.15, -0.1) is 0 Å². The van der Waals surface area contributed by atoms with E-state index in [-0.39, 0.29) is 5.56 Å². The third-order valence-electron chi connectivity index (χ3n) is 6.96. The van der Waals surface area contributed by atoms with E-state index in [1.807, 2.05) is 6.07 Å². The molecular weight excluding hydrogens is 526 g/mol. The van der Waals surface area contributed by atoms with Gasteiger partial charge in [0.05, 0.1) is 15.4 Å². The highest BCUT2D eigenvalue weighted by molar-refractivity contribution is 7.86. The van der Waals surface area contributed by atoms with Crippen molar-refractivity contribution < 1.29 is 30.7 Å². The van der Waals surface area contributed by atoms with Gasteiger partial charge in [0.15, 0.2) is 0 Å². The summed E-state index contributed by atoms with van der Waals surface area (Å²) in [6, 6.07) is 9.97. The van der Waals surface area contributed by atoms with Crippen LogP contribution in [0.1, 0.15) is 35.1 Å². The van der Waals surface area contributed by atoms with E-state index in [0.717, 1.165) is 61.3 Å². The SMILES string of the molecule is O=S(=O)([O-])c1cc(S(=O)(=O)O)ccc1C1=c2cc3c4c(c2Oc2cc(Cl)ccc21)CCC[N+]=4CCC3. The van der Waals surface area contributed by atoms with Gasteiger partial charge in [-0.2, -0.15) is 8.42 Å². The van der Waals surface area contributed by atoms with E-state index in [4.69, 9.17) is 16.3 Å². The average Bonchev–Trinajstić information content (AvgIpc) is 2.82. The van der Waals surface area contributed by atoms with Crippen molar-refractivity contribution in [2.45, 2.75) is 35.5 Å². The fourth-order valence-corrected chi connectivity index (χ4v) is 7.00. The Morgan fingerprint density at radius 2 is 1.67 bits per heavy atom. The van der Waals surface area contributed by atoms with Crippen LogP contribution in [0.2, 0.25) is 5.02 Å². The Hall–Kier alpha value is -2.76. The van der Waals surface area contributed by atoms with E-state index in [1.54, 1.807) is 18.2 Å². The molecule has 0 unspecified atom stereocenters. The molecule has 8 nitrogen and oxygen atoms in total. The molecule has 6 rings (SSSR count). The first-order chi connectivity index (χ1) is 17.0. The molecule has 186 valence electrons. The van der Waals surface area contributed by atoms with Crippen LogP contribution in [0, 0.1) is 0 Å². The summed E-state index contributed by atoms with van der Waals surface area (Å²) in [6.07, 6.45) is 3.55. The standard InChI is InChI=1S/C25H20ClNO7S2/c26-15-5-7-17-21(12-15)34-25-19-4-2-10-27-9-1-3-14(24(19)27)11-20(25)23(17)18-8-6-16(35(28,29)30)13-22(18)36(31,32)33/h5-8,11-13H,1-4,9-10H2,(H-,28,29,30,31,32,33). The molecule has 0 saturated carbocycles. The van der Waals surface area contributed by atoms with Crippen LogP contribution in [0.3, 0.4) is 0 Å². The summed E-state index contributed by atoms with van der Waals surface area (Å²) in [7, 11) is -9.87. The van der Waals surface area contributed by atoms with Gasteiger partial charge >= 0.3 is 0 Å². The first-order valence-electron chi connectivity index (χ1n) is 11.4. The number of fused-ring (bicyclic) bond motifs is 3. The monoisotopic (exact) mass is 545 g/mol. The summed E-state index contributed by atoms with van der Waals surface area (Å²) in [5.41, 5.74) is 3.13. The van der Waals surface area contributed by atoms with E-state index >= 15 is 0 Å². The molecule has 36 heavy (non-hydrogen) atoms. The van der Waals surface area contributed by atoms with Gasteiger partial charge in [-0.25, -0.2) is 13.0 Å². The number of rotatable bonds is 3. The van der Waals surface area contributed by atoms with Crippen molar-refractivity contribution in [2.75, 3.05) is 13.1 Å². The molecule has 3 aromatic carbocycles. The highest BCUT2D eigenvalue weighted by Gasteiger charge is 2.32. The maximum Gasteiger partial charge on any atom is 0.294 e. The van der Waals surface area contributed by atoms with Crippen molar-refractivity contribution in [2.24, 2.45) is 0 Å². The zero-order valence-electron chi connectivity index (χ0n) is 18.8. The molecule has 0 aromatic heterocycles. The van der Waals surface area contributed by atoms with E-state index in [1.165, 1.54) is 6.07 Å². The fourth-order valence-electron chi connectivity index (χ4n) is 5.54. The van der Waals surface area contributed by atoms with Crippen LogP contribution < -0.4 is 19.9 Å². The summed E-state index contributed by atoms with van der Waals surface area (Å²) in [5, 5.41) is 2.20. The lowest BCUT2D eigenvalue weighted by Gasteiger charge is -2.27. The molecule has 3 aromatic rings. The van der Waals surface area contributed by atoms with Crippen molar-refractivity contribution in [3.8, 4) is 11.5 Å². The fraction of sp³-hybridized carbons (Fsp3) is 0.240. The maximum absolute atomic E-state index is 12.4. The Balaban J connectivity index is 1.81. The van der Waals surface area contributed by atoms with Gasteiger partial charge in [-0.05, 0) is 43.2 Å². The zero-order chi connectivity index (χ0) is 25.4. The lowest BCUT2D eigenvalue weighted by Crippen LogP contribution is -2.45. The van der Waals surface area contributed by atoms with Crippen LogP contribution in [-0.2, 0) is 33.1 Å². The largest absolute Gasteiger partial charge is 0.744 e. The van der Waals surface area contributed by atoms with Gasteiger partial charge in [-0.3, -0.25) is 4.55 Å². The number of benzene rings is 3. The Bertz CT molecular complexity index is 1830. The van der Waals surface area contributed by atoms with Crippen LogP contribution >= 0.6 is 11.6 Å². The molecule has 1 N–H and O–H groups in total. The Morgan fingerprint density at radius 3 is 2.39 bits per heavy atom. The second-order valence-electron chi connectivity index (χ2n) is 9.14. The molecular formula is C25H20ClNO7S2. The number of nitrogens with zero attached hydrogens (tertiary/aromatic N) is 1. The second kappa shape index (κ2) is 8.12. The molecule has 0 atom stereocenters. The second-order valence-corrected chi connectivity index (χ2v) is 12.3. The van der Waals surface area contributed by atoms with Gasteiger partial charge in [0.2, 0.25) is 5.36 Å². The molecule has 0 spiro atoms. The number of hydrogen-bond donors (Lipinski definition) is 1. The van der Waals surface area contributed by atoms with Crippen molar-refractivity contribution in [1.29, 1.82) is 0 Å². The minimum Gasteiger partial charge on any atom is -0.744 e. The van der Waals surface area contributed by atoms with Crippen LogP contribution in [0.25, 0.3) is 5.57 Å².